The van der Waals surface area contributed by atoms with Crippen LogP contribution < -0.4 is 10.1 Å². The Labute approximate surface area is 159 Å². The molecule has 2 aliphatic rings. The van der Waals surface area contributed by atoms with Crippen molar-refractivity contribution in [3.05, 3.63) is 58.7 Å². The monoisotopic (exact) mass is 367 g/mol. The number of carbonyl (C=O) groups excluding carboxylic acids is 1. The molecule has 0 aliphatic carbocycles. The van der Waals surface area contributed by atoms with E-state index in [0.717, 1.165) is 36.4 Å². The van der Waals surface area contributed by atoms with Crippen LogP contribution in [0.1, 0.15) is 52.0 Å². The minimum Gasteiger partial charge on any atom is -0.497 e. The maximum absolute atomic E-state index is 11.8. The number of fused-ring (bicyclic) bond motifs is 3. The Balaban J connectivity index is 1.74. The van der Waals surface area contributed by atoms with E-state index in [1.807, 2.05) is 31.2 Å². The summed E-state index contributed by atoms with van der Waals surface area (Å²) >= 11 is 0. The molecule has 0 amide bonds. The van der Waals surface area contributed by atoms with E-state index in [4.69, 9.17) is 14.2 Å². The van der Waals surface area contributed by atoms with Crippen LogP contribution in [-0.4, -0.2) is 26.8 Å². The average molecular weight is 367 g/mol. The summed E-state index contributed by atoms with van der Waals surface area (Å²) < 4.78 is 16.5. The van der Waals surface area contributed by atoms with Gasteiger partial charge in [-0.05, 0) is 61.2 Å². The number of methoxy groups -OCH3 is 2. The smallest absolute Gasteiger partial charge is 0.337 e. The first-order chi connectivity index (χ1) is 13.1. The van der Waals surface area contributed by atoms with Gasteiger partial charge >= 0.3 is 5.97 Å². The van der Waals surface area contributed by atoms with Crippen molar-refractivity contribution >= 4 is 11.7 Å². The zero-order chi connectivity index (χ0) is 19.0. The lowest BCUT2D eigenvalue weighted by molar-refractivity contribution is -0.0382. The van der Waals surface area contributed by atoms with Crippen molar-refractivity contribution in [3.63, 3.8) is 0 Å². The first-order valence-corrected chi connectivity index (χ1v) is 9.37. The number of rotatable bonds is 3. The summed E-state index contributed by atoms with van der Waals surface area (Å²) in [5, 5.41) is 3.72. The Kier molecular flexibility index (Phi) is 4.79. The number of nitrogens with one attached hydrogen (secondary N) is 1. The molecule has 2 heterocycles. The van der Waals surface area contributed by atoms with E-state index >= 15 is 0 Å². The highest BCUT2D eigenvalue weighted by atomic mass is 16.5. The number of aryl methyl sites for hydroxylation is 1. The molecule has 1 N–H and O–H groups in total. The largest absolute Gasteiger partial charge is 0.497 e. The Hall–Kier alpha value is -2.53. The van der Waals surface area contributed by atoms with Gasteiger partial charge in [0.05, 0.1) is 31.9 Å². The number of ether oxygens (including phenoxy) is 3. The molecular formula is C22H25NO4. The van der Waals surface area contributed by atoms with Crippen LogP contribution in [-0.2, 0) is 9.47 Å². The van der Waals surface area contributed by atoms with Crippen molar-refractivity contribution in [1.29, 1.82) is 0 Å². The fourth-order valence-corrected chi connectivity index (χ4v) is 4.35. The highest BCUT2D eigenvalue weighted by Gasteiger charge is 2.40. The number of benzene rings is 2. The van der Waals surface area contributed by atoms with Crippen LogP contribution in [0, 0.1) is 12.8 Å². The minimum absolute atomic E-state index is 0.0507. The third-order valence-electron chi connectivity index (χ3n) is 5.70. The zero-order valence-electron chi connectivity index (χ0n) is 16.0. The fourth-order valence-electron chi connectivity index (χ4n) is 4.35. The average Bonchev–Trinajstić information content (AvgIpc) is 2.72. The molecule has 2 aliphatic heterocycles. The van der Waals surface area contributed by atoms with E-state index in [-0.39, 0.29) is 18.1 Å². The van der Waals surface area contributed by atoms with Crippen molar-refractivity contribution < 1.29 is 19.0 Å². The van der Waals surface area contributed by atoms with Crippen molar-refractivity contribution in [2.75, 3.05) is 26.1 Å². The molecule has 0 aromatic heterocycles. The predicted octanol–water partition coefficient (Wildman–Crippen LogP) is 4.42. The minimum atomic E-state index is -0.308. The first kappa shape index (κ1) is 17.9. The van der Waals surface area contributed by atoms with Crippen LogP contribution >= 0.6 is 0 Å². The predicted molar refractivity (Wildman–Crippen MR) is 103 cm³/mol. The van der Waals surface area contributed by atoms with Gasteiger partial charge in [-0.25, -0.2) is 4.79 Å². The summed E-state index contributed by atoms with van der Waals surface area (Å²) in [4.78, 5) is 11.8. The Morgan fingerprint density at radius 3 is 2.74 bits per heavy atom. The van der Waals surface area contributed by atoms with Crippen LogP contribution in [0.4, 0.5) is 5.69 Å². The van der Waals surface area contributed by atoms with E-state index < -0.39 is 0 Å². The molecule has 142 valence electrons. The summed E-state index contributed by atoms with van der Waals surface area (Å²) in [6.45, 7) is 2.83. The highest BCUT2D eigenvalue weighted by Crippen LogP contribution is 2.50. The highest BCUT2D eigenvalue weighted by molar-refractivity contribution is 5.89. The lowest BCUT2D eigenvalue weighted by Crippen LogP contribution is -2.36. The molecule has 0 spiro atoms. The summed E-state index contributed by atoms with van der Waals surface area (Å²) in [6.07, 6.45) is 2.20. The molecule has 1 saturated heterocycles. The van der Waals surface area contributed by atoms with Gasteiger partial charge in [0.15, 0.2) is 0 Å². The normalized spacial score (nSPS) is 23.6. The van der Waals surface area contributed by atoms with Crippen molar-refractivity contribution in [2.45, 2.75) is 31.9 Å². The molecule has 1 fully saturated rings. The van der Waals surface area contributed by atoms with Crippen molar-refractivity contribution in [1.82, 2.24) is 0 Å². The maximum atomic E-state index is 11.8. The van der Waals surface area contributed by atoms with Gasteiger partial charge in [-0.2, -0.15) is 0 Å². The zero-order valence-corrected chi connectivity index (χ0v) is 16.0. The Bertz CT molecular complexity index is 863. The van der Waals surface area contributed by atoms with E-state index in [0.29, 0.717) is 11.5 Å². The molecule has 0 unspecified atom stereocenters. The lowest BCUT2D eigenvalue weighted by atomic mass is 9.76. The lowest BCUT2D eigenvalue weighted by Gasteiger charge is -2.43. The van der Waals surface area contributed by atoms with Crippen molar-refractivity contribution in [2.24, 2.45) is 5.92 Å². The molecule has 0 bridgehead atoms. The van der Waals surface area contributed by atoms with Crippen LogP contribution in [0.3, 0.4) is 0 Å². The number of esters is 1. The van der Waals surface area contributed by atoms with Gasteiger partial charge in [0.1, 0.15) is 5.75 Å². The van der Waals surface area contributed by atoms with Crippen LogP contribution in [0.15, 0.2) is 36.4 Å². The van der Waals surface area contributed by atoms with Gasteiger partial charge < -0.3 is 19.5 Å². The number of hydrogen-bond donors (Lipinski definition) is 1. The maximum Gasteiger partial charge on any atom is 0.337 e. The summed E-state index contributed by atoms with van der Waals surface area (Å²) in [7, 11) is 3.09. The SMILES string of the molecule is COC(=O)c1ccc([C@H]2Nc3ccc(OC)cc3[C@@H]3OCCC[C@H]23)c(C)c1. The van der Waals surface area contributed by atoms with Crippen molar-refractivity contribution in [3.8, 4) is 5.75 Å². The standard InChI is InChI=1S/C22H25NO4/c1-13-11-14(22(24)26-3)6-8-16(13)20-17-5-4-10-27-21(17)18-12-15(25-2)7-9-19(18)23-20/h6-9,11-12,17,20-21,23H,4-5,10H2,1-3H3/t17-,20-,21-/m1/s1. The molecule has 0 radical (unpaired) electrons. The number of anilines is 1. The molecule has 2 aromatic rings. The summed E-state index contributed by atoms with van der Waals surface area (Å²) in [5.74, 6) is 0.874. The van der Waals surface area contributed by atoms with Gasteiger partial charge in [0.2, 0.25) is 0 Å². The molecule has 3 atom stereocenters. The van der Waals surface area contributed by atoms with Gasteiger partial charge in [-0.1, -0.05) is 6.07 Å². The second kappa shape index (κ2) is 7.24. The number of carbonyl (C=O) groups is 1. The van der Waals surface area contributed by atoms with Crippen LogP contribution in [0.5, 0.6) is 5.75 Å². The number of hydrogen-bond acceptors (Lipinski definition) is 5. The van der Waals surface area contributed by atoms with Crippen LogP contribution in [0.25, 0.3) is 0 Å². The molecule has 5 heteroatoms. The molecule has 2 aromatic carbocycles. The molecule has 5 nitrogen and oxygen atoms in total. The second-order valence-electron chi connectivity index (χ2n) is 7.24. The van der Waals surface area contributed by atoms with Crippen LogP contribution in [0.2, 0.25) is 0 Å². The van der Waals surface area contributed by atoms with Gasteiger partial charge in [-0.3, -0.25) is 0 Å². The van der Waals surface area contributed by atoms with E-state index in [2.05, 4.69) is 17.4 Å². The van der Waals surface area contributed by atoms with Gasteiger partial charge in [-0.15, -0.1) is 0 Å². The summed E-state index contributed by atoms with van der Waals surface area (Å²) in [6, 6.07) is 12.0. The van der Waals surface area contributed by atoms with Gasteiger partial charge in [0, 0.05) is 23.8 Å². The second-order valence-corrected chi connectivity index (χ2v) is 7.24. The third kappa shape index (κ3) is 3.16. The van der Waals surface area contributed by atoms with E-state index in [9.17, 15) is 4.79 Å². The topological polar surface area (TPSA) is 56.8 Å². The van der Waals surface area contributed by atoms with Gasteiger partial charge in [0.25, 0.3) is 0 Å². The Morgan fingerprint density at radius 1 is 1.15 bits per heavy atom. The molecule has 4 rings (SSSR count). The molecular weight excluding hydrogens is 342 g/mol. The fraction of sp³-hybridized carbons (Fsp3) is 0.409. The summed E-state index contributed by atoms with van der Waals surface area (Å²) in [5.41, 5.74) is 5.11. The Morgan fingerprint density at radius 2 is 2.00 bits per heavy atom. The molecule has 0 saturated carbocycles. The quantitative estimate of drug-likeness (QED) is 0.814. The van der Waals surface area contributed by atoms with E-state index in [1.54, 1.807) is 7.11 Å². The van der Waals surface area contributed by atoms with E-state index in [1.165, 1.54) is 18.2 Å². The third-order valence-corrected chi connectivity index (χ3v) is 5.70. The first-order valence-electron chi connectivity index (χ1n) is 9.37. The molecule has 27 heavy (non-hydrogen) atoms.